The van der Waals surface area contributed by atoms with Crippen molar-refractivity contribution in [2.75, 3.05) is 7.05 Å². The van der Waals surface area contributed by atoms with Crippen molar-refractivity contribution in [3.05, 3.63) is 70.3 Å². The average Bonchev–Trinajstić information content (AvgIpc) is 2.62. The minimum absolute atomic E-state index is 0.0109. The average molecular weight is 334 g/mol. The molecule has 0 N–H and O–H groups in total. The molecule has 0 aliphatic carbocycles. The number of benzene rings is 2. The molecule has 0 radical (unpaired) electrons. The molecular weight excluding hydrogens is 312 g/mol. The number of Topliss-reactive ketones (excluding diaryl/α,β-unsaturated/α-hetero) is 1. The Balaban J connectivity index is 1.88. The zero-order chi connectivity index (χ0) is 18.4. The summed E-state index contributed by atoms with van der Waals surface area (Å²) in [6, 6.07) is 14.8. The molecule has 0 aliphatic rings. The van der Waals surface area contributed by atoms with Gasteiger partial charge in [-0.15, -0.1) is 0 Å². The van der Waals surface area contributed by atoms with Crippen LogP contribution in [-0.2, 0) is 11.3 Å². The third-order valence-electron chi connectivity index (χ3n) is 4.32. The highest BCUT2D eigenvalue weighted by Crippen LogP contribution is 2.13. The van der Waals surface area contributed by atoms with Crippen molar-refractivity contribution in [1.29, 1.82) is 5.26 Å². The van der Waals surface area contributed by atoms with Crippen LogP contribution in [0.5, 0.6) is 0 Å². The number of amides is 1. The SMILES string of the molecule is Cc1ccc(C(=O)CCC(=O)N(C)Cc2ccc(C#N)cc2)cc1C. The summed E-state index contributed by atoms with van der Waals surface area (Å²) in [5.41, 5.74) is 4.43. The van der Waals surface area contributed by atoms with E-state index in [-0.39, 0.29) is 24.5 Å². The molecule has 2 rings (SSSR count). The van der Waals surface area contributed by atoms with Gasteiger partial charge in [0.1, 0.15) is 0 Å². The normalized spacial score (nSPS) is 10.2. The molecule has 0 atom stereocenters. The van der Waals surface area contributed by atoms with Gasteiger partial charge in [-0.2, -0.15) is 5.26 Å². The van der Waals surface area contributed by atoms with Crippen molar-refractivity contribution in [2.45, 2.75) is 33.2 Å². The summed E-state index contributed by atoms with van der Waals surface area (Å²) in [5.74, 6) is -0.0789. The van der Waals surface area contributed by atoms with Crippen molar-refractivity contribution in [2.24, 2.45) is 0 Å². The molecule has 0 aliphatic heterocycles. The Hall–Kier alpha value is -2.93. The van der Waals surface area contributed by atoms with Crippen LogP contribution in [0.15, 0.2) is 42.5 Å². The standard InChI is InChI=1S/C21H22N2O2/c1-15-4-9-19(12-16(15)2)20(24)10-11-21(25)23(3)14-18-7-5-17(13-22)6-8-18/h4-9,12H,10-11,14H2,1-3H3. The number of hydrogen-bond acceptors (Lipinski definition) is 3. The van der Waals surface area contributed by atoms with E-state index in [0.717, 1.165) is 16.7 Å². The van der Waals surface area contributed by atoms with Crippen molar-refractivity contribution < 1.29 is 9.59 Å². The molecule has 25 heavy (non-hydrogen) atoms. The van der Waals surface area contributed by atoms with Gasteiger partial charge < -0.3 is 4.90 Å². The molecule has 0 saturated heterocycles. The fraction of sp³-hybridized carbons (Fsp3) is 0.286. The Morgan fingerprint density at radius 1 is 1.00 bits per heavy atom. The second kappa shape index (κ2) is 8.25. The first-order valence-corrected chi connectivity index (χ1v) is 8.24. The molecular formula is C21H22N2O2. The predicted octanol–water partition coefficient (Wildman–Crippen LogP) is 3.80. The Morgan fingerprint density at radius 3 is 2.28 bits per heavy atom. The highest BCUT2D eigenvalue weighted by atomic mass is 16.2. The Morgan fingerprint density at radius 2 is 1.68 bits per heavy atom. The molecule has 2 aromatic carbocycles. The lowest BCUT2D eigenvalue weighted by Gasteiger charge is -2.17. The maximum absolute atomic E-state index is 12.3. The molecule has 1 amide bonds. The zero-order valence-electron chi connectivity index (χ0n) is 14.9. The van der Waals surface area contributed by atoms with Gasteiger partial charge in [-0.05, 0) is 48.7 Å². The number of rotatable bonds is 6. The highest BCUT2D eigenvalue weighted by Gasteiger charge is 2.13. The van der Waals surface area contributed by atoms with E-state index in [1.165, 1.54) is 0 Å². The Labute approximate surface area is 148 Å². The van der Waals surface area contributed by atoms with Crippen LogP contribution < -0.4 is 0 Å². The lowest BCUT2D eigenvalue weighted by molar-refractivity contribution is -0.130. The summed E-state index contributed by atoms with van der Waals surface area (Å²) in [4.78, 5) is 26.1. The Bertz CT molecular complexity index is 817. The van der Waals surface area contributed by atoms with Crippen LogP contribution in [0, 0.1) is 25.2 Å². The predicted molar refractivity (Wildman–Crippen MR) is 97.1 cm³/mol. The number of carbonyl (C=O) groups is 2. The van der Waals surface area contributed by atoms with Gasteiger partial charge in [0.05, 0.1) is 11.6 Å². The van der Waals surface area contributed by atoms with Gasteiger partial charge in [-0.1, -0.05) is 24.3 Å². The molecule has 0 unspecified atom stereocenters. The van der Waals surface area contributed by atoms with Gasteiger partial charge in [-0.25, -0.2) is 0 Å². The Kier molecular flexibility index (Phi) is 6.08. The van der Waals surface area contributed by atoms with Gasteiger partial charge in [-0.3, -0.25) is 9.59 Å². The van der Waals surface area contributed by atoms with E-state index in [0.29, 0.717) is 17.7 Å². The molecule has 0 heterocycles. The van der Waals surface area contributed by atoms with E-state index in [1.54, 1.807) is 24.1 Å². The van der Waals surface area contributed by atoms with E-state index in [9.17, 15) is 9.59 Å². The molecule has 4 heteroatoms. The molecule has 0 spiro atoms. The molecule has 4 nitrogen and oxygen atoms in total. The highest BCUT2D eigenvalue weighted by molar-refractivity contribution is 5.98. The van der Waals surface area contributed by atoms with Crippen LogP contribution in [-0.4, -0.2) is 23.6 Å². The van der Waals surface area contributed by atoms with Gasteiger partial charge in [0.25, 0.3) is 0 Å². The zero-order valence-corrected chi connectivity index (χ0v) is 14.9. The van der Waals surface area contributed by atoms with Crippen LogP contribution in [0.25, 0.3) is 0 Å². The van der Waals surface area contributed by atoms with E-state index in [4.69, 9.17) is 5.26 Å². The van der Waals surface area contributed by atoms with Crippen molar-refractivity contribution in [3.8, 4) is 6.07 Å². The van der Waals surface area contributed by atoms with Crippen LogP contribution in [0.4, 0.5) is 0 Å². The second-order valence-corrected chi connectivity index (χ2v) is 6.28. The molecule has 0 saturated carbocycles. The van der Waals surface area contributed by atoms with Crippen LogP contribution in [0.2, 0.25) is 0 Å². The van der Waals surface area contributed by atoms with E-state index >= 15 is 0 Å². The van der Waals surface area contributed by atoms with E-state index in [1.807, 2.05) is 44.2 Å². The molecule has 0 bridgehead atoms. The third-order valence-corrected chi connectivity index (χ3v) is 4.32. The number of carbonyl (C=O) groups excluding carboxylic acids is 2. The third kappa shape index (κ3) is 5.02. The summed E-state index contributed by atoms with van der Waals surface area (Å²) >= 11 is 0. The topological polar surface area (TPSA) is 61.2 Å². The quantitative estimate of drug-likeness (QED) is 0.755. The van der Waals surface area contributed by atoms with Gasteiger partial charge in [0.2, 0.25) is 5.91 Å². The smallest absolute Gasteiger partial charge is 0.223 e. The van der Waals surface area contributed by atoms with Gasteiger partial charge >= 0.3 is 0 Å². The maximum Gasteiger partial charge on any atom is 0.223 e. The lowest BCUT2D eigenvalue weighted by atomic mass is 10.0. The molecule has 128 valence electrons. The first-order chi connectivity index (χ1) is 11.9. The summed E-state index contributed by atoms with van der Waals surface area (Å²) in [6.45, 7) is 4.44. The first kappa shape index (κ1) is 18.4. The van der Waals surface area contributed by atoms with Crippen LogP contribution in [0.1, 0.15) is 45.5 Å². The summed E-state index contributed by atoms with van der Waals surface area (Å²) in [5, 5.41) is 8.80. The number of aryl methyl sites for hydroxylation is 2. The molecule has 0 aromatic heterocycles. The van der Waals surface area contributed by atoms with Crippen molar-refractivity contribution in [3.63, 3.8) is 0 Å². The van der Waals surface area contributed by atoms with E-state index in [2.05, 4.69) is 6.07 Å². The largest absolute Gasteiger partial charge is 0.341 e. The minimum Gasteiger partial charge on any atom is -0.341 e. The fourth-order valence-corrected chi connectivity index (χ4v) is 2.52. The van der Waals surface area contributed by atoms with Crippen LogP contribution >= 0.6 is 0 Å². The summed E-state index contributed by atoms with van der Waals surface area (Å²) in [6.07, 6.45) is 0.400. The first-order valence-electron chi connectivity index (χ1n) is 8.24. The van der Waals surface area contributed by atoms with Crippen molar-refractivity contribution >= 4 is 11.7 Å². The van der Waals surface area contributed by atoms with Crippen LogP contribution in [0.3, 0.4) is 0 Å². The molecule has 2 aromatic rings. The number of nitrogens with zero attached hydrogens (tertiary/aromatic N) is 2. The summed E-state index contributed by atoms with van der Waals surface area (Å²) in [7, 11) is 1.72. The monoisotopic (exact) mass is 334 g/mol. The van der Waals surface area contributed by atoms with Gasteiger partial charge in [0.15, 0.2) is 5.78 Å². The van der Waals surface area contributed by atoms with Gasteiger partial charge in [0, 0.05) is 32.0 Å². The molecule has 0 fully saturated rings. The minimum atomic E-state index is -0.0680. The van der Waals surface area contributed by atoms with E-state index < -0.39 is 0 Å². The van der Waals surface area contributed by atoms with Crippen molar-refractivity contribution in [1.82, 2.24) is 4.90 Å². The number of nitriles is 1. The fourth-order valence-electron chi connectivity index (χ4n) is 2.52. The second-order valence-electron chi connectivity index (χ2n) is 6.28. The lowest BCUT2D eigenvalue weighted by Crippen LogP contribution is -2.26. The summed E-state index contributed by atoms with van der Waals surface area (Å²) < 4.78 is 0. The number of hydrogen-bond donors (Lipinski definition) is 0. The number of ketones is 1. The maximum atomic E-state index is 12.3.